The van der Waals surface area contributed by atoms with Crippen molar-refractivity contribution in [2.24, 2.45) is 0 Å². The highest BCUT2D eigenvalue weighted by Crippen LogP contribution is 2.21. The zero-order valence-electron chi connectivity index (χ0n) is 12.0. The Hall–Kier alpha value is -2.20. The molecule has 1 N–H and O–H groups in total. The smallest absolute Gasteiger partial charge is 0.327 e. The number of rotatable bonds is 5. The van der Waals surface area contributed by atoms with Crippen molar-refractivity contribution in [2.45, 2.75) is 19.0 Å². The van der Waals surface area contributed by atoms with E-state index in [2.05, 4.69) is 5.32 Å². The lowest BCUT2D eigenvalue weighted by Gasteiger charge is -2.22. The molecule has 4 heteroatoms. The number of methoxy groups -OCH3 is 1. The van der Waals surface area contributed by atoms with Gasteiger partial charge in [0.2, 0.25) is 0 Å². The number of hydrogen-bond acceptors (Lipinski definition) is 3. The van der Waals surface area contributed by atoms with Crippen molar-refractivity contribution in [1.82, 2.24) is 5.32 Å². The highest BCUT2D eigenvalue weighted by Gasteiger charge is 2.23. The zero-order chi connectivity index (χ0) is 15.2. The van der Waals surface area contributed by atoms with Gasteiger partial charge in [0.05, 0.1) is 7.11 Å². The van der Waals surface area contributed by atoms with E-state index in [0.717, 1.165) is 11.1 Å². The maximum atomic E-state index is 13.3. The maximum Gasteiger partial charge on any atom is 0.327 e. The van der Waals surface area contributed by atoms with E-state index >= 15 is 0 Å². The van der Waals surface area contributed by atoms with Gasteiger partial charge in [0, 0.05) is 6.04 Å². The van der Waals surface area contributed by atoms with Crippen LogP contribution in [0, 0.1) is 5.82 Å². The second kappa shape index (κ2) is 6.99. The highest BCUT2D eigenvalue weighted by molar-refractivity contribution is 5.77. The molecule has 0 aliphatic rings. The normalized spacial score (nSPS) is 13.5. The first-order valence-corrected chi connectivity index (χ1v) is 6.76. The molecule has 0 saturated carbocycles. The molecule has 0 fully saturated rings. The van der Waals surface area contributed by atoms with Crippen molar-refractivity contribution in [3.8, 4) is 0 Å². The van der Waals surface area contributed by atoms with Crippen LogP contribution in [0.3, 0.4) is 0 Å². The fourth-order valence-corrected chi connectivity index (χ4v) is 2.19. The summed E-state index contributed by atoms with van der Waals surface area (Å²) in [4.78, 5) is 12.0. The molecule has 0 aliphatic carbocycles. The molecule has 0 aromatic heterocycles. The maximum absolute atomic E-state index is 13.3. The van der Waals surface area contributed by atoms with E-state index in [9.17, 15) is 9.18 Å². The monoisotopic (exact) mass is 287 g/mol. The van der Waals surface area contributed by atoms with Gasteiger partial charge in [-0.2, -0.15) is 0 Å². The third-order valence-electron chi connectivity index (χ3n) is 3.34. The largest absolute Gasteiger partial charge is 0.468 e. The molecule has 3 nitrogen and oxygen atoms in total. The summed E-state index contributed by atoms with van der Waals surface area (Å²) in [5, 5.41) is 3.19. The van der Waals surface area contributed by atoms with Crippen molar-refractivity contribution in [3.05, 3.63) is 71.5 Å². The molecule has 0 bridgehead atoms. The van der Waals surface area contributed by atoms with Crippen LogP contribution in [0.1, 0.15) is 30.1 Å². The van der Waals surface area contributed by atoms with E-state index in [-0.39, 0.29) is 17.8 Å². The molecule has 0 aliphatic heterocycles. The fraction of sp³-hybridized carbons (Fsp3) is 0.235. The Balaban J connectivity index is 2.21. The molecular formula is C17H18FNO2. The molecule has 0 heterocycles. The van der Waals surface area contributed by atoms with Gasteiger partial charge in [-0.05, 0) is 30.2 Å². The molecule has 2 aromatic rings. The van der Waals surface area contributed by atoms with Crippen LogP contribution in [-0.2, 0) is 9.53 Å². The van der Waals surface area contributed by atoms with Crippen LogP contribution in [0.2, 0.25) is 0 Å². The molecule has 0 spiro atoms. The van der Waals surface area contributed by atoms with E-state index < -0.39 is 6.04 Å². The first-order valence-electron chi connectivity index (χ1n) is 6.76. The summed E-state index contributed by atoms with van der Waals surface area (Å²) < 4.78 is 18.1. The molecule has 0 amide bonds. The van der Waals surface area contributed by atoms with E-state index in [0.29, 0.717) is 0 Å². The second-order valence-corrected chi connectivity index (χ2v) is 4.81. The van der Waals surface area contributed by atoms with E-state index in [1.165, 1.54) is 19.2 Å². The minimum Gasteiger partial charge on any atom is -0.468 e. The van der Waals surface area contributed by atoms with Crippen molar-refractivity contribution in [3.63, 3.8) is 0 Å². The molecule has 110 valence electrons. The standard InChI is InChI=1S/C17H18FNO2/c1-12(14-9-6-10-15(18)11-14)19-16(17(20)21-2)13-7-4-3-5-8-13/h3-12,16,19H,1-2H3. The van der Waals surface area contributed by atoms with Crippen LogP contribution in [0.25, 0.3) is 0 Å². The molecule has 21 heavy (non-hydrogen) atoms. The van der Waals surface area contributed by atoms with Gasteiger partial charge in [0.15, 0.2) is 0 Å². The Labute approximate surface area is 123 Å². The molecule has 2 aromatic carbocycles. The lowest BCUT2D eigenvalue weighted by Crippen LogP contribution is -2.31. The summed E-state index contributed by atoms with van der Waals surface area (Å²) in [5.41, 5.74) is 1.59. The quantitative estimate of drug-likeness (QED) is 0.857. The molecular weight excluding hydrogens is 269 g/mol. The minimum absolute atomic E-state index is 0.190. The Bertz CT molecular complexity index is 601. The number of carbonyl (C=O) groups excluding carboxylic acids is 1. The summed E-state index contributed by atoms with van der Waals surface area (Å²) in [6.45, 7) is 1.88. The van der Waals surface area contributed by atoms with Gasteiger partial charge in [-0.15, -0.1) is 0 Å². The van der Waals surface area contributed by atoms with Crippen LogP contribution < -0.4 is 5.32 Å². The van der Waals surface area contributed by atoms with Gasteiger partial charge in [-0.3, -0.25) is 5.32 Å². The summed E-state index contributed by atoms with van der Waals surface area (Å²) in [6, 6.07) is 14.9. The lowest BCUT2D eigenvalue weighted by atomic mass is 10.0. The van der Waals surface area contributed by atoms with Gasteiger partial charge in [-0.1, -0.05) is 42.5 Å². The first kappa shape index (κ1) is 15.2. The van der Waals surface area contributed by atoms with Crippen molar-refractivity contribution >= 4 is 5.97 Å². The van der Waals surface area contributed by atoms with Crippen LogP contribution in [0.4, 0.5) is 4.39 Å². The van der Waals surface area contributed by atoms with Gasteiger partial charge < -0.3 is 4.74 Å². The topological polar surface area (TPSA) is 38.3 Å². The van der Waals surface area contributed by atoms with Gasteiger partial charge >= 0.3 is 5.97 Å². The van der Waals surface area contributed by atoms with Crippen molar-refractivity contribution in [1.29, 1.82) is 0 Å². The second-order valence-electron chi connectivity index (χ2n) is 4.81. The number of esters is 1. The number of hydrogen-bond donors (Lipinski definition) is 1. The van der Waals surface area contributed by atoms with Crippen LogP contribution in [0.5, 0.6) is 0 Å². The van der Waals surface area contributed by atoms with E-state index in [1.54, 1.807) is 6.07 Å². The minimum atomic E-state index is -0.588. The lowest BCUT2D eigenvalue weighted by molar-refractivity contribution is -0.143. The van der Waals surface area contributed by atoms with Gasteiger partial charge in [0.25, 0.3) is 0 Å². The van der Waals surface area contributed by atoms with E-state index in [4.69, 9.17) is 4.74 Å². The highest BCUT2D eigenvalue weighted by atomic mass is 19.1. The summed E-state index contributed by atoms with van der Waals surface area (Å²) >= 11 is 0. The summed E-state index contributed by atoms with van der Waals surface area (Å²) in [5.74, 6) is -0.667. The molecule has 2 atom stereocenters. The number of nitrogens with one attached hydrogen (secondary N) is 1. The third-order valence-corrected chi connectivity index (χ3v) is 3.34. The Morgan fingerprint density at radius 3 is 2.38 bits per heavy atom. The van der Waals surface area contributed by atoms with E-state index in [1.807, 2.05) is 43.3 Å². The number of carbonyl (C=O) groups is 1. The molecule has 2 unspecified atom stereocenters. The van der Waals surface area contributed by atoms with Crippen molar-refractivity contribution < 1.29 is 13.9 Å². The SMILES string of the molecule is COC(=O)C(NC(C)c1cccc(F)c1)c1ccccc1. The Morgan fingerprint density at radius 1 is 1.10 bits per heavy atom. The number of ether oxygens (including phenoxy) is 1. The van der Waals surface area contributed by atoms with Crippen molar-refractivity contribution in [2.75, 3.05) is 7.11 Å². The van der Waals surface area contributed by atoms with Crippen LogP contribution in [0.15, 0.2) is 54.6 Å². The average molecular weight is 287 g/mol. The van der Waals surface area contributed by atoms with Gasteiger partial charge in [-0.25, -0.2) is 9.18 Å². The van der Waals surface area contributed by atoms with Gasteiger partial charge in [0.1, 0.15) is 11.9 Å². The number of halogens is 1. The molecule has 0 saturated heterocycles. The van der Waals surface area contributed by atoms with Crippen LogP contribution >= 0.6 is 0 Å². The summed E-state index contributed by atoms with van der Waals surface area (Å²) in [7, 11) is 1.35. The molecule has 0 radical (unpaired) electrons. The Morgan fingerprint density at radius 2 is 1.76 bits per heavy atom. The van der Waals surface area contributed by atoms with Crippen LogP contribution in [-0.4, -0.2) is 13.1 Å². The molecule has 2 rings (SSSR count). The average Bonchev–Trinajstić information content (AvgIpc) is 2.52. The summed E-state index contributed by atoms with van der Waals surface area (Å²) in [6.07, 6.45) is 0. The third kappa shape index (κ3) is 3.89. The predicted molar refractivity (Wildman–Crippen MR) is 79.1 cm³/mol. The zero-order valence-corrected chi connectivity index (χ0v) is 12.0. The first-order chi connectivity index (χ1) is 10.1. The predicted octanol–water partition coefficient (Wildman–Crippen LogP) is 3.39. The Kier molecular flexibility index (Phi) is 5.06. The number of benzene rings is 2. The fourth-order valence-electron chi connectivity index (χ4n) is 2.19.